The van der Waals surface area contributed by atoms with Gasteiger partial charge in [-0.05, 0) is 29.3 Å². The molecule has 21 heavy (non-hydrogen) atoms. The molecule has 0 aliphatic heterocycles. The highest BCUT2D eigenvalue weighted by molar-refractivity contribution is 9.10. The Labute approximate surface area is 136 Å². The summed E-state index contributed by atoms with van der Waals surface area (Å²) in [5, 5.41) is 2.83. The second kappa shape index (κ2) is 8.20. The first-order chi connectivity index (χ1) is 10.1. The Kier molecular flexibility index (Phi) is 6.26. The van der Waals surface area contributed by atoms with Crippen LogP contribution < -0.4 is 5.32 Å². The molecular formula is C16H15BrFNOS. The summed E-state index contributed by atoms with van der Waals surface area (Å²) in [4.78, 5) is 11.7. The van der Waals surface area contributed by atoms with Gasteiger partial charge in [0.15, 0.2) is 0 Å². The van der Waals surface area contributed by atoms with E-state index in [0.29, 0.717) is 12.3 Å². The Morgan fingerprint density at radius 3 is 2.57 bits per heavy atom. The van der Waals surface area contributed by atoms with Crippen molar-refractivity contribution in [3.63, 3.8) is 0 Å². The minimum atomic E-state index is -0.269. The maximum Gasteiger partial charge on any atom is 0.230 e. The van der Waals surface area contributed by atoms with Gasteiger partial charge in [-0.25, -0.2) is 4.39 Å². The quantitative estimate of drug-likeness (QED) is 0.831. The lowest BCUT2D eigenvalue weighted by Crippen LogP contribution is -2.24. The van der Waals surface area contributed by atoms with Crippen LogP contribution in [0.15, 0.2) is 53.0 Å². The third-order valence-electron chi connectivity index (χ3n) is 2.85. The van der Waals surface area contributed by atoms with Crippen molar-refractivity contribution >= 4 is 33.6 Å². The number of carbonyl (C=O) groups is 1. The predicted octanol–water partition coefficient (Wildman–Crippen LogP) is 4.14. The molecule has 0 aliphatic rings. The smallest absolute Gasteiger partial charge is 0.230 e. The molecule has 2 aromatic carbocycles. The molecule has 0 unspecified atom stereocenters. The molecule has 0 fully saturated rings. The minimum Gasteiger partial charge on any atom is -0.351 e. The van der Waals surface area contributed by atoms with Gasteiger partial charge in [-0.3, -0.25) is 4.79 Å². The molecule has 0 radical (unpaired) electrons. The second-order valence-electron chi connectivity index (χ2n) is 4.49. The zero-order valence-corrected chi connectivity index (χ0v) is 13.7. The van der Waals surface area contributed by atoms with Gasteiger partial charge in [0.1, 0.15) is 5.82 Å². The van der Waals surface area contributed by atoms with Gasteiger partial charge in [-0.1, -0.05) is 46.3 Å². The van der Waals surface area contributed by atoms with Crippen molar-refractivity contribution in [3.05, 3.63) is 69.9 Å². The van der Waals surface area contributed by atoms with Crippen molar-refractivity contribution in [3.8, 4) is 0 Å². The monoisotopic (exact) mass is 367 g/mol. The molecule has 0 saturated carbocycles. The zero-order chi connectivity index (χ0) is 15.1. The number of amides is 1. The fourth-order valence-corrected chi connectivity index (χ4v) is 3.19. The van der Waals surface area contributed by atoms with Crippen molar-refractivity contribution in [2.24, 2.45) is 0 Å². The van der Waals surface area contributed by atoms with Gasteiger partial charge in [0, 0.05) is 16.8 Å². The zero-order valence-electron chi connectivity index (χ0n) is 11.3. The van der Waals surface area contributed by atoms with E-state index in [2.05, 4.69) is 21.2 Å². The summed E-state index contributed by atoms with van der Waals surface area (Å²) in [6.45, 7) is 0.425. The van der Waals surface area contributed by atoms with Gasteiger partial charge in [-0.2, -0.15) is 0 Å². The van der Waals surface area contributed by atoms with Crippen LogP contribution in [-0.2, 0) is 17.1 Å². The summed E-state index contributed by atoms with van der Waals surface area (Å²) in [6.07, 6.45) is 0. The molecular weight excluding hydrogens is 353 g/mol. The number of thioether (sulfide) groups is 1. The molecule has 0 heterocycles. The van der Waals surface area contributed by atoms with Crippen LogP contribution in [0.2, 0.25) is 0 Å². The van der Waals surface area contributed by atoms with Crippen molar-refractivity contribution in [1.29, 1.82) is 0 Å². The summed E-state index contributed by atoms with van der Waals surface area (Å²) in [6, 6.07) is 14.1. The van der Waals surface area contributed by atoms with Crippen molar-refractivity contribution < 1.29 is 9.18 Å². The van der Waals surface area contributed by atoms with E-state index in [-0.39, 0.29) is 11.7 Å². The molecule has 0 aliphatic carbocycles. The van der Waals surface area contributed by atoms with Gasteiger partial charge in [0.25, 0.3) is 0 Å². The van der Waals surface area contributed by atoms with E-state index < -0.39 is 0 Å². The lowest BCUT2D eigenvalue weighted by molar-refractivity contribution is -0.118. The first-order valence-corrected chi connectivity index (χ1v) is 8.42. The molecule has 0 aromatic heterocycles. The molecule has 2 nitrogen and oxygen atoms in total. The highest BCUT2D eigenvalue weighted by Crippen LogP contribution is 2.21. The van der Waals surface area contributed by atoms with E-state index in [1.54, 1.807) is 23.9 Å². The van der Waals surface area contributed by atoms with E-state index in [1.165, 1.54) is 17.7 Å². The highest BCUT2D eigenvalue weighted by atomic mass is 79.9. The van der Waals surface area contributed by atoms with Crippen LogP contribution in [-0.4, -0.2) is 11.7 Å². The predicted molar refractivity (Wildman–Crippen MR) is 88.6 cm³/mol. The van der Waals surface area contributed by atoms with E-state index in [0.717, 1.165) is 15.8 Å². The van der Waals surface area contributed by atoms with Crippen LogP contribution in [0.4, 0.5) is 4.39 Å². The van der Waals surface area contributed by atoms with E-state index in [9.17, 15) is 9.18 Å². The van der Waals surface area contributed by atoms with Gasteiger partial charge < -0.3 is 5.32 Å². The average molecular weight is 368 g/mol. The maximum absolute atomic E-state index is 12.8. The van der Waals surface area contributed by atoms with Crippen LogP contribution in [0.25, 0.3) is 0 Å². The first-order valence-electron chi connectivity index (χ1n) is 6.47. The Bertz CT molecular complexity index is 603. The SMILES string of the molecule is O=C(CSCc1ccccc1Br)NCc1ccc(F)cc1. The summed E-state index contributed by atoms with van der Waals surface area (Å²) in [7, 11) is 0. The standard InChI is InChI=1S/C16H15BrFNOS/c17-15-4-2-1-3-13(15)10-21-11-16(20)19-9-12-5-7-14(18)8-6-12/h1-8H,9-11H2,(H,19,20). The van der Waals surface area contributed by atoms with Crippen molar-refractivity contribution in [1.82, 2.24) is 5.32 Å². The molecule has 5 heteroatoms. The van der Waals surface area contributed by atoms with Crippen LogP contribution >= 0.6 is 27.7 Å². The lowest BCUT2D eigenvalue weighted by atomic mass is 10.2. The van der Waals surface area contributed by atoms with E-state index >= 15 is 0 Å². The largest absolute Gasteiger partial charge is 0.351 e. The molecule has 1 N–H and O–H groups in total. The van der Waals surface area contributed by atoms with Crippen molar-refractivity contribution in [2.75, 3.05) is 5.75 Å². The number of rotatable bonds is 6. The van der Waals surface area contributed by atoms with Crippen LogP contribution in [0.3, 0.4) is 0 Å². The molecule has 0 spiro atoms. The number of nitrogens with one attached hydrogen (secondary N) is 1. The van der Waals surface area contributed by atoms with Crippen LogP contribution in [0, 0.1) is 5.82 Å². The van der Waals surface area contributed by atoms with E-state index in [1.807, 2.05) is 24.3 Å². The molecule has 2 rings (SSSR count). The van der Waals surface area contributed by atoms with E-state index in [4.69, 9.17) is 0 Å². The van der Waals surface area contributed by atoms with Gasteiger partial charge in [0.2, 0.25) is 5.91 Å². The maximum atomic E-state index is 12.8. The number of benzene rings is 2. The molecule has 2 aromatic rings. The number of carbonyl (C=O) groups excluding carboxylic acids is 1. The Morgan fingerprint density at radius 1 is 1.14 bits per heavy atom. The summed E-state index contributed by atoms with van der Waals surface area (Å²) in [5.74, 6) is 0.902. The van der Waals surface area contributed by atoms with Crippen LogP contribution in [0.5, 0.6) is 0 Å². The molecule has 0 atom stereocenters. The first kappa shape index (κ1) is 16.0. The minimum absolute atomic E-state index is 0.0172. The normalized spacial score (nSPS) is 10.4. The summed E-state index contributed by atoms with van der Waals surface area (Å²) < 4.78 is 13.8. The number of hydrogen-bond donors (Lipinski definition) is 1. The van der Waals surface area contributed by atoms with Crippen molar-refractivity contribution in [2.45, 2.75) is 12.3 Å². The molecule has 110 valence electrons. The Balaban J connectivity index is 1.70. The molecule has 0 saturated heterocycles. The number of hydrogen-bond acceptors (Lipinski definition) is 2. The van der Waals surface area contributed by atoms with Gasteiger partial charge in [0.05, 0.1) is 5.75 Å². The average Bonchev–Trinajstić information content (AvgIpc) is 2.49. The molecule has 0 bridgehead atoms. The lowest BCUT2D eigenvalue weighted by Gasteiger charge is -2.06. The Hall–Kier alpha value is -1.33. The van der Waals surface area contributed by atoms with Gasteiger partial charge >= 0.3 is 0 Å². The Morgan fingerprint density at radius 2 is 1.86 bits per heavy atom. The highest BCUT2D eigenvalue weighted by Gasteiger charge is 2.04. The fourth-order valence-electron chi connectivity index (χ4n) is 1.72. The van der Waals surface area contributed by atoms with Gasteiger partial charge in [-0.15, -0.1) is 11.8 Å². The molecule has 1 amide bonds. The van der Waals surface area contributed by atoms with Crippen LogP contribution in [0.1, 0.15) is 11.1 Å². The third-order valence-corrected chi connectivity index (χ3v) is 4.61. The number of halogens is 2. The fraction of sp³-hybridized carbons (Fsp3) is 0.188. The summed E-state index contributed by atoms with van der Waals surface area (Å²) >= 11 is 5.05. The third kappa shape index (κ3) is 5.52. The summed E-state index contributed by atoms with van der Waals surface area (Å²) in [5.41, 5.74) is 2.06. The second-order valence-corrected chi connectivity index (χ2v) is 6.33. The topological polar surface area (TPSA) is 29.1 Å².